The zero-order valence-electron chi connectivity index (χ0n) is 13.1. The van der Waals surface area contributed by atoms with Gasteiger partial charge in [-0.1, -0.05) is 20.3 Å². The second kappa shape index (κ2) is 6.95. The summed E-state index contributed by atoms with van der Waals surface area (Å²) >= 11 is 0. The van der Waals surface area contributed by atoms with Crippen molar-refractivity contribution in [3.8, 4) is 0 Å². The number of hydrogen-bond donors (Lipinski definition) is 2. The number of aliphatic carboxylic acids is 1. The summed E-state index contributed by atoms with van der Waals surface area (Å²) < 4.78 is 0. The largest absolute Gasteiger partial charge is 0.480 e. The second-order valence-corrected chi connectivity index (χ2v) is 6.11. The molecule has 20 heavy (non-hydrogen) atoms. The molecule has 0 heterocycles. The predicted molar refractivity (Wildman–Crippen MR) is 78.7 cm³/mol. The van der Waals surface area contributed by atoms with Crippen LogP contribution in [-0.2, 0) is 4.79 Å². The number of carboxylic acid groups (broad SMARTS) is 1. The van der Waals surface area contributed by atoms with E-state index in [1.54, 1.807) is 25.8 Å². The highest BCUT2D eigenvalue weighted by Gasteiger charge is 2.35. The van der Waals surface area contributed by atoms with E-state index in [9.17, 15) is 14.7 Å². The number of rotatable bonds is 5. The van der Waals surface area contributed by atoms with Gasteiger partial charge >= 0.3 is 12.0 Å². The number of urea groups is 1. The third kappa shape index (κ3) is 3.87. The maximum Gasteiger partial charge on any atom is 0.329 e. The van der Waals surface area contributed by atoms with Crippen LogP contribution in [0, 0.1) is 5.92 Å². The van der Waals surface area contributed by atoms with Gasteiger partial charge in [0.05, 0.1) is 0 Å². The van der Waals surface area contributed by atoms with E-state index in [0.29, 0.717) is 6.42 Å². The van der Waals surface area contributed by atoms with Crippen LogP contribution >= 0.6 is 0 Å². The maximum atomic E-state index is 12.2. The molecule has 0 spiro atoms. The van der Waals surface area contributed by atoms with Crippen LogP contribution in [0.3, 0.4) is 0 Å². The quantitative estimate of drug-likeness (QED) is 0.815. The zero-order chi connectivity index (χ0) is 15.3. The van der Waals surface area contributed by atoms with Crippen molar-refractivity contribution >= 4 is 12.0 Å². The van der Waals surface area contributed by atoms with E-state index in [1.165, 1.54) is 6.42 Å². The van der Waals surface area contributed by atoms with Crippen molar-refractivity contribution in [3.05, 3.63) is 0 Å². The number of carboxylic acids is 1. The highest BCUT2D eigenvalue weighted by Crippen LogP contribution is 2.29. The summed E-state index contributed by atoms with van der Waals surface area (Å²) in [5.41, 5.74) is -1.19. The Morgan fingerprint density at radius 1 is 1.25 bits per heavy atom. The van der Waals surface area contributed by atoms with Crippen LogP contribution in [0.4, 0.5) is 4.79 Å². The lowest BCUT2D eigenvalue weighted by Crippen LogP contribution is -2.56. The van der Waals surface area contributed by atoms with Gasteiger partial charge in [0.25, 0.3) is 0 Å². The minimum Gasteiger partial charge on any atom is -0.480 e. The van der Waals surface area contributed by atoms with Crippen LogP contribution < -0.4 is 5.32 Å². The van der Waals surface area contributed by atoms with Gasteiger partial charge in [0.2, 0.25) is 0 Å². The normalized spacial score (nSPS) is 25.6. The van der Waals surface area contributed by atoms with E-state index in [2.05, 4.69) is 12.2 Å². The average Bonchev–Trinajstić information content (AvgIpc) is 2.46. The van der Waals surface area contributed by atoms with Gasteiger partial charge in [0, 0.05) is 13.1 Å². The Balaban J connectivity index is 2.57. The molecule has 1 aliphatic carbocycles. The first kappa shape index (κ1) is 16.8. The molecule has 0 aromatic carbocycles. The van der Waals surface area contributed by atoms with Gasteiger partial charge in [-0.2, -0.15) is 0 Å². The molecule has 0 bridgehead atoms. The van der Waals surface area contributed by atoms with Gasteiger partial charge in [-0.15, -0.1) is 0 Å². The summed E-state index contributed by atoms with van der Waals surface area (Å²) in [6.07, 6.45) is 5.91. The van der Waals surface area contributed by atoms with Crippen LogP contribution in [0.15, 0.2) is 0 Å². The molecular weight excluding hydrogens is 256 g/mol. The first-order valence-corrected chi connectivity index (χ1v) is 7.62. The van der Waals surface area contributed by atoms with Crippen LogP contribution in [0.1, 0.15) is 59.3 Å². The Kier molecular flexibility index (Phi) is 5.84. The first-order valence-electron chi connectivity index (χ1n) is 7.62. The average molecular weight is 284 g/mol. The van der Waals surface area contributed by atoms with E-state index >= 15 is 0 Å². The van der Waals surface area contributed by atoms with E-state index in [-0.39, 0.29) is 12.1 Å². The number of nitrogens with one attached hydrogen (secondary N) is 1. The SMILES string of the molecule is CCC1CCC(N(C)C(=O)NC(C)(CC)C(=O)O)CC1. The molecule has 0 aliphatic heterocycles. The fraction of sp³-hybridized carbons (Fsp3) is 0.867. The van der Waals surface area contributed by atoms with Gasteiger partial charge in [-0.25, -0.2) is 9.59 Å². The van der Waals surface area contributed by atoms with Gasteiger partial charge < -0.3 is 15.3 Å². The molecule has 1 unspecified atom stereocenters. The molecule has 1 rings (SSSR count). The van der Waals surface area contributed by atoms with E-state index in [1.807, 2.05) is 0 Å². The molecule has 1 fully saturated rings. The van der Waals surface area contributed by atoms with Crippen molar-refractivity contribution in [3.63, 3.8) is 0 Å². The number of hydrogen-bond acceptors (Lipinski definition) is 2. The molecule has 2 amide bonds. The van der Waals surface area contributed by atoms with Gasteiger partial charge in [0.15, 0.2) is 0 Å². The molecular formula is C15H28N2O3. The first-order chi connectivity index (χ1) is 9.34. The summed E-state index contributed by atoms with van der Waals surface area (Å²) in [6.45, 7) is 5.52. The summed E-state index contributed by atoms with van der Waals surface area (Å²) in [5, 5.41) is 11.9. The van der Waals surface area contributed by atoms with E-state index in [4.69, 9.17) is 0 Å². The molecule has 0 saturated heterocycles. The number of nitrogens with zero attached hydrogens (tertiary/aromatic N) is 1. The molecule has 0 radical (unpaired) electrons. The third-order valence-corrected chi connectivity index (χ3v) is 4.82. The molecule has 1 atom stereocenters. The fourth-order valence-corrected chi connectivity index (χ4v) is 2.72. The Morgan fingerprint density at radius 2 is 1.80 bits per heavy atom. The van der Waals surface area contributed by atoms with Crippen molar-refractivity contribution in [2.24, 2.45) is 5.92 Å². The number of amides is 2. The minimum absolute atomic E-state index is 0.229. The maximum absolute atomic E-state index is 12.2. The highest BCUT2D eigenvalue weighted by molar-refractivity contribution is 5.85. The Bertz CT molecular complexity index is 351. The molecule has 5 nitrogen and oxygen atoms in total. The minimum atomic E-state index is -1.19. The van der Waals surface area contributed by atoms with E-state index in [0.717, 1.165) is 31.6 Å². The summed E-state index contributed by atoms with van der Waals surface area (Å²) in [4.78, 5) is 25.1. The van der Waals surface area contributed by atoms with Crippen LogP contribution in [0.5, 0.6) is 0 Å². The van der Waals surface area contributed by atoms with Crippen molar-refractivity contribution < 1.29 is 14.7 Å². The Labute approximate surface area is 121 Å². The lowest BCUT2D eigenvalue weighted by Gasteiger charge is -2.36. The molecule has 5 heteroatoms. The van der Waals surface area contributed by atoms with Gasteiger partial charge in [-0.3, -0.25) is 0 Å². The van der Waals surface area contributed by atoms with Crippen LogP contribution in [-0.4, -0.2) is 40.6 Å². The molecule has 1 aliphatic rings. The zero-order valence-corrected chi connectivity index (χ0v) is 13.1. The van der Waals surface area contributed by atoms with Crippen molar-refractivity contribution in [1.82, 2.24) is 10.2 Å². The molecule has 2 N–H and O–H groups in total. The Morgan fingerprint density at radius 3 is 2.20 bits per heavy atom. The lowest BCUT2D eigenvalue weighted by molar-refractivity contribution is -0.143. The third-order valence-electron chi connectivity index (χ3n) is 4.82. The highest BCUT2D eigenvalue weighted by atomic mass is 16.4. The van der Waals surface area contributed by atoms with Gasteiger partial charge in [0.1, 0.15) is 5.54 Å². The van der Waals surface area contributed by atoms with Crippen LogP contribution in [0.2, 0.25) is 0 Å². The Hall–Kier alpha value is -1.26. The summed E-state index contributed by atoms with van der Waals surface area (Å²) in [5.74, 6) is -0.209. The predicted octanol–water partition coefficient (Wildman–Crippen LogP) is 2.85. The van der Waals surface area contributed by atoms with Crippen molar-refractivity contribution in [2.75, 3.05) is 7.05 Å². The number of carbonyl (C=O) groups is 2. The second-order valence-electron chi connectivity index (χ2n) is 6.11. The van der Waals surface area contributed by atoms with Crippen molar-refractivity contribution in [2.45, 2.75) is 70.9 Å². The van der Waals surface area contributed by atoms with Gasteiger partial charge in [-0.05, 0) is 44.9 Å². The number of carbonyl (C=O) groups excluding carboxylic acids is 1. The topological polar surface area (TPSA) is 69.6 Å². The molecule has 0 aromatic heterocycles. The molecule has 116 valence electrons. The molecule has 0 aromatic rings. The smallest absolute Gasteiger partial charge is 0.329 e. The van der Waals surface area contributed by atoms with Crippen LogP contribution in [0.25, 0.3) is 0 Å². The fourth-order valence-electron chi connectivity index (χ4n) is 2.72. The van der Waals surface area contributed by atoms with Crippen molar-refractivity contribution in [1.29, 1.82) is 0 Å². The standard InChI is InChI=1S/C15H28N2O3/c1-5-11-7-9-12(10-8-11)17(4)14(20)16-15(3,6-2)13(18)19/h11-12H,5-10H2,1-4H3,(H,16,20)(H,18,19). The monoisotopic (exact) mass is 284 g/mol. The molecule has 1 saturated carbocycles. The summed E-state index contributed by atoms with van der Waals surface area (Å²) in [6, 6.07) is -0.0515. The van der Waals surface area contributed by atoms with E-state index < -0.39 is 11.5 Å². The summed E-state index contributed by atoms with van der Waals surface area (Å²) in [7, 11) is 1.77. The lowest BCUT2D eigenvalue weighted by atomic mass is 9.84.